The van der Waals surface area contributed by atoms with E-state index in [9.17, 15) is 9.90 Å². The summed E-state index contributed by atoms with van der Waals surface area (Å²) in [6, 6.07) is 11.0. The molecule has 2 aromatic rings. The minimum atomic E-state index is -0.251. The molecule has 2 N–H and O–H groups in total. The Balaban J connectivity index is 2.21. The highest BCUT2D eigenvalue weighted by molar-refractivity contribution is 5.95. The normalized spacial score (nSPS) is 12.6. The van der Waals surface area contributed by atoms with E-state index in [1.165, 1.54) is 0 Å². The maximum absolute atomic E-state index is 12.1. The lowest BCUT2D eigenvalue weighted by molar-refractivity contribution is 0.0892. The highest BCUT2D eigenvalue weighted by Crippen LogP contribution is 2.12. The van der Waals surface area contributed by atoms with Crippen molar-refractivity contribution >= 4 is 16.8 Å². The molecule has 0 aliphatic heterocycles. The number of hydrogen-bond donors (Lipinski definition) is 2. The Morgan fingerprint density at radius 3 is 2.68 bits per heavy atom. The van der Waals surface area contributed by atoms with Crippen molar-refractivity contribution in [2.45, 2.75) is 19.9 Å². The number of amides is 1. The molecule has 0 bridgehead atoms. The first-order chi connectivity index (χ1) is 9.11. The number of nitrogens with one attached hydrogen (secondary N) is 1. The third-order valence-corrected chi connectivity index (χ3v) is 3.15. The summed E-state index contributed by atoms with van der Waals surface area (Å²) in [5, 5.41) is 13.0. The van der Waals surface area contributed by atoms with E-state index < -0.39 is 0 Å². The number of para-hydroxylation sites is 1. The number of aliphatic hydroxyl groups excluding tert-OH is 1. The minimum absolute atomic E-state index is 0.0724. The second kappa shape index (κ2) is 5.80. The number of aliphatic hydroxyl groups is 1. The van der Waals surface area contributed by atoms with Crippen LogP contribution in [0.4, 0.5) is 0 Å². The highest BCUT2D eigenvalue weighted by Gasteiger charge is 2.17. The van der Waals surface area contributed by atoms with Crippen molar-refractivity contribution in [2.24, 2.45) is 5.92 Å². The van der Waals surface area contributed by atoms with Crippen LogP contribution in [-0.4, -0.2) is 28.6 Å². The number of carbonyl (C=O) groups is 1. The Labute approximate surface area is 112 Å². The van der Waals surface area contributed by atoms with Gasteiger partial charge in [-0.15, -0.1) is 0 Å². The summed E-state index contributed by atoms with van der Waals surface area (Å²) in [5.41, 5.74) is 1.16. The van der Waals surface area contributed by atoms with Crippen molar-refractivity contribution < 1.29 is 9.90 Å². The Morgan fingerprint density at radius 2 is 2.00 bits per heavy atom. The van der Waals surface area contributed by atoms with Crippen molar-refractivity contribution in [3.05, 3.63) is 42.1 Å². The molecule has 0 spiro atoms. The maximum atomic E-state index is 12.1. The molecule has 0 saturated carbocycles. The van der Waals surface area contributed by atoms with Crippen LogP contribution >= 0.6 is 0 Å². The first kappa shape index (κ1) is 13.5. The van der Waals surface area contributed by atoms with Gasteiger partial charge in [0.05, 0.1) is 18.2 Å². The van der Waals surface area contributed by atoms with Crippen molar-refractivity contribution in [2.75, 3.05) is 6.61 Å². The van der Waals surface area contributed by atoms with E-state index in [0.717, 1.165) is 10.9 Å². The fraction of sp³-hybridized carbons (Fsp3) is 0.333. The van der Waals surface area contributed by atoms with Gasteiger partial charge in [0.15, 0.2) is 0 Å². The van der Waals surface area contributed by atoms with Crippen LogP contribution in [0.3, 0.4) is 0 Å². The van der Waals surface area contributed by atoms with E-state index in [4.69, 9.17) is 0 Å². The second-order valence-electron chi connectivity index (χ2n) is 4.90. The Morgan fingerprint density at radius 1 is 1.26 bits per heavy atom. The van der Waals surface area contributed by atoms with Crippen LogP contribution in [0.15, 0.2) is 36.4 Å². The average Bonchev–Trinajstić information content (AvgIpc) is 2.43. The van der Waals surface area contributed by atoms with Gasteiger partial charge >= 0.3 is 0 Å². The van der Waals surface area contributed by atoms with Gasteiger partial charge in [-0.1, -0.05) is 38.1 Å². The molecular formula is C15H18N2O2. The summed E-state index contributed by atoms with van der Waals surface area (Å²) in [6.07, 6.45) is 0. The molecule has 1 unspecified atom stereocenters. The number of carbonyl (C=O) groups excluding carboxylic acids is 1. The zero-order valence-electron chi connectivity index (χ0n) is 11.1. The lowest BCUT2D eigenvalue weighted by Crippen LogP contribution is -2.41. The average molecular weight is 258 g/mol. The highest BCUT2D eigenvalue weighted by atomic mass is 16.3. The first-order valence-corrected chi connectivity index (χ1v) is 6.39. The van der Waals surface area contributed by atoms with Crippen LogP contribution in [0.25, 0.3) is 10.9 Å². The topological polar surface area (TPSA) is 62.2 Å². The molecule has 100 valence electrons. The molecule has 1 aromatic carbocycles. The predicted molar refractivity (Wildman–Crippen MR) is 74.9 cm³/mol. The lowest BCUT2D eigenvalue weighted by atomic mass is 10.1. The van der Waals surface area contributed by atoms with Gasteiger partial charge in [-0.3, -0.25) is 4.79 Å². The molecule has 19 heavy (non-hydrogen) atoms. The minimum Gasteiger partial charge on any atom is -0.394 e. The van der Waals surface area contributed by atoms with Gasteiger partial charge in [0.25, 0.3) is 5.91 Å². The Kier molecular flexibility index (Phi) is 4.12. The summed E-state index contributed by atoms with van der Waals surface area (Å²) in [4.78, 5) is 16.4. The lowest BCUT2D eigenvalue weighted by Gasteiger charge is -2.19. The van der Waals surface area contributed by atoms with Gasteiger partial charge in [-0.25, -0.2) is 4.98 Å². The van der Waals surface area contributed by atoms with Crippen molar-refractivity contribution in [1.29, 1.82) is 0 Å². The summed E-state index contributed by atoms with van der Waals surface area (Å²) >= 11 is 0. The molecule has 2 rings (SSSR count). The second-order valence-corrected chi connectivity index (χ2v) is 4.90. The van der Waals surface area contributed by atoms with Crippen LogP contribution < -0.4 is 5.32 Å². The molecule has 1 atom stereocenters. The van der Waals surface area contributed by atoms with E-state index in [1.807, 2.05) is 44.2 Å². The number of fused-ring (bicyclic) bond motifs is 1. The molecule has 0 fully saturated rings. The van der Waals surface area contributed by atoms with Gasteiger partial charge in [-0.2, -0.15) is 0 Å². The van der Waals surface area contributed by atoms with Crippen LogP contribution in [0.2, 0.25) is 0 Å². The molecule has 0 saturated heterocycles. The molecule has 1 aromatic heterocycles. The number of aromatic nitrogens is 1. The van der Waals surface area contributed by atoms with E-state index in [1.54, 1.807) is 6.07 Å². The molecule has 0 aliphatic rings. The molecular weight excluding hydrogens is 240 g/mol. The van der Waals surface area contributed by atoms with Crippen LogP contribution in [0.1, 0.15) is 24.3 Å². The van der Waals surface area contributed by atoms with Crippen LogP contribution in [0.5, 0.6) is 0 Å². The van der Waals surface area contributed by atoms with E-state index in [0.29, 0.717) is 5.69 Å². The monoisotopic (exact) mass is 258 g/mol. The van der Waals surface area contributed by atoms with E-state index >= 15 is 0 Å². The predicted octanol–water partition coefficient (Wildman–Crippen LogP) is 1.98. The number of benzene rings is 1. The smallest absolute Gasteiger partial charge is 0.270 e. The summed E-state index contributed by atoms with van der Waals surface area (Å²) in [7, 11) is 0. The van der Waals surface area contributed by atoms with Crippen molar-refractivity contribution in [1.82, 2.24) is 10.3 Å². The van der Waals surface area contributed by atoms with Gasteiger partial charge < -0.3 is 10.4 Å². The number of rotatable bonds is 4. The molecule has 4 nitrogen and oxygen atoms in total. The third-order valence-electron chi connectivity index (χ3n) is 3.15. The summed E-state index contributed by atoms with van der Waals surface area (Å²) < 4.78 is 0. The van der Waals surface area contributed by atoms with Gasteiger partial charge in [0, 0.05) is 5.39 Å². The SMILES string of the molecule is CC(C)C(CO)NC(=O)c1ccc2ccccc2n1. The largest absolute Gasteiger partial charge is 0.394 e. The standard InChI is InChI=1S/C15H18N2O2/c1-10(2)14(9-18)17-15(19)13-8-7-11-5-3-4-6-12(11)16-13/h3-8,10,14,18H,9H2,1-2H3,(H,17,19). The van der Waals surface area contributed by atoms with Crippen LogP contribution in [-0.2, 0) is 0 Å². The number of pyridine rings is 1. The third kappa shape index (κ3) is 3.09. The van der Waals surface area contributed by atoms with E-state index in [2.05, 4.69) is 10.3 Å². The number of hydrogen-bond acceptors (Lipinski definition) is 3. The zero-order chi connectivity index (χ0) is 13.8. The van der Waals surface area contributed by atoms with E-state index in [-0.39, 0.29) is 24.5 Å². The first-order valence-electron chi connectivity index (χ1n) is 6.39. The zero-order valence-corrected chi connectivity index (χ0v) is 11.1. The Hall–Kier alpha value is -1.94. The van der Waals surface area contributed by atoms with Crippen LogP contribution in [0, 0.1) is 5.92 Å². The summed E-state index contributed by atoms with van der Waals surface area (Å²) in [6.45, 7) is 3.83. The molecule has 1 amide bonds. The van der Waals surface area contributed by atoms with Gasteiger partial charge in [-0.05, 0) is 18.1 Å². The molecule has 0 radical (unpaired) electrons. The number of nitrogens with zero attached hydrogens (tertiary/aromatic N) is 1. The quantitative estimate of drug-likeness (QED) is 0.881. The fourth-order valence-electron chi connectivity index (χ4n) is 1.86. The molecule has 1 heterocycles. The molecule has 0 aliphatic carbocycles. The van der Waals surface area contributed by atoms with Crippen molar-refractivity contribution in [3.63, 3.8) is 0 Å². The molecule has 4 heteroatoms. The Bertz CT molecular complexity index is 581. The summed E-state index contributed by atoms with van der Waals surface area (Å²) in [5.74, 6) is -0.0760. The van der Waals surface area contributed by atoms with Gasteiger partial charge in [0.1, 0.15) is 5.69 Å². The maximum Gasteiger partial charge on any atom is 0.270 e. The van der Waals surface area contributed by atoms with Crippen molar-refractivity contribution in [3.8, 4) is 0 Å². The fourth-order valence-corrected chi connectivity index (χ4v) is 1.86. The van der Waals surface area contributed by atoms with Gasteiger partial charge in [0.2, 0.25) is 0 Å².